The van der Waals surface area contributed by atoms with Gasteiger partial charge in [0.2, 0.25) is 0 Å². The Kier molecular flexibility index (Phi) is 8.67. The van der Waals surface area contributed by atoms with E-state index in [-0.39, 0.29) is 18.8 Å². The van der Waals surface area contributed by atoms with Gasteiger partial charge < -0.3 is 14.0 Å². The lowest BCUT2D eigenvalue weighted by molar-refractivity contribution is -0.134. The molecule has 1 aromatic carbocycles. The van der Waals surface area contributed by atoms with E-state index >= 15 is 0 Å². The number of aromatic amines is 1. The van der Waals surface area contributed by atoms with Gasteiger partial charge in [-0.2, -0.15) is 0 Å². The van der Waals surface area contributed by atoms with Crippen molar-refractivity contribution in [1.29, 1.82) is 0 Å². The third kappa shape index (κ3) is 5.95. The number of hydrogen-bond acceptors (Lipinski definition) is 6. The average molecular weight is 471 g/mol. The summed E-state index contributed by atoms with van der Waals surface area (Å²) in [5, 5.41) is 0. The molecule has 3 aromatic rings. The Bertz CT molecular complexity index is 1240. The van der Waals surface area contributed by atoms with Gasteiger partial charge in [0.15, 0.2) is 22.7 Å². The van der Waals surface area contributed by atoms with Gasteiger partial charge in [0, 0.05) is 19.5 Å². The number of H-pyrrole nitrogens is 1. The zero-order valence-electron chi connectivity index (χ0n) is 20.4. The van der Waals surface area contributed by atoms with Crippen molar-refractivity contribution in [2.75, 3.05) is 6.61 Å². The van der Waals surface area contributed by atoms with Crippen molar-refractivity contribution in [3.63, 3.8) is 0 Å². The average Bonchev–Trinajstić information content (AvgIpc) is 3.14. The highest BCUT2D eigenvalue weighted by molar-refractivity contribution is 5.74. The normalized spacial score (nSPS) is 11.3. The van der Waals surface area contributed by atoms with E-state index in [1.54, 1.807) is 18.2 Å². The van der Waals surface area contributed by atoms with Gasteiger partial charge >= 0.3 is 11.7 Å². The minimum atomic E-state index is -0.463. The second-order valence-electron chi connectivity index (χ2n) is 8.74. The van der Waals surface area contributed by atoms with Crippen LogP contribution in [-0.4, -0.2) is 31.7 Å². The zero-order chi connectivity index (χ0) is 24.7. The minimum Gasteiger partial charge on any atom is -0.490 e. The Morgan fingerprint density at radius 3 is 2.50 bits per heavy atom. The summed E-state index contributed by atoms with van der Waals surface area (Å²) >= 11 is 0. The number of nitrogens with one attached hydrogen (secondary N) is 1. The summed E-state index contributed by atoms with van der Waals surface area (Å²) in [4.78, 5) is 44.9. The molecule has 0 spiro atoms. The van der Waals surface area contributed by atoms with Gasteiger partial charge in [-0.15, -0.1) is 0 Å². The number of fused-ring (bicyclic) bond motifs is 1. The van der Waals surface area contributed by atoms with Crippen LogP contribution in [0.5, 0.6) is 11.5 Å². The van der Waals surface area contributed by atoms with Crippen molar-refractivity contribution in [3.8, 4) is 11.5 Å². The fourth-order valence-corrected chi connectivity index (χ4v) is 3.75. The van der Waals surface area contributed by atoms with Gasteiger partial charge in [-0.3, -0.25) is 19.1 Å². The number of benzene rings is 1. The molecule has 0 aliphatic carbocycles. The van der Waals surface area contributed by atoms with E-state index in [2.05, 4.69) is 9.97 Å². The van der Waals surface area contributed by atoms with Crippen molar-refractivity contribution in [1.82, 2.24) is 19.1 Å². The van der Waals surface area contributed by atoms with Crippen LogP contribution in [0.1, 0.15) is 59.2 Å². The summed E-state index contributed by atoms with van der Waals surface area (Å²) in [5.41, 5.74) is -0.192. The largest absolute Gasteiger partial charge is 0.490 e. The third-order valence-corrected chi connectivity index (χ3v) is 5.33. The first kappa shape index (κ1) is 25.3. The van der Waals surface area contributed by atoms with Gasteiger partial charge in [-0.1, -0.05) is 46.2 Å². The SMILES string of the molecule is CCCCn1c(=O)[nH]c(=O)c2c1nc(CCC(=O)Oc1ccccc1OCCC)n2CC(C)C. The number of aryl methyl sites for hydroxylation is 2. The van der Waals surface area contributed by atoms with E-state index in [0.29, 0.717) is 48.2 Å². The lowest BCUT2D eigenvalue weighted by Crippen LogP contribution is -2.31. The van der Waals surface area contributed by atoms with Gasteiger partial charge in [-0.25, -0.2) is 9.78 Å². The second kappa shape index (κ2) is 11.7. The van der Waals surface area contributed by atoms with Crippen LogP contribution in [0.2, 0.25) is 0 Å². The Balaban J connectivity index is 1.88. The maximum Gasteiger partial charge on any atom is 0.330 e. The highest BCUT2D eigenvalue weighted by atomic mass is 16.6. The van der Waals surface area contributed by atoms with Gasteiger partial charge in [0.1, 0.15) is 5.82 Å². The first-order valence-corrected chi connectivity index (χ1v) is 12.0. The fraction of sp³-hybridized carbons (Fsp3) is 0.520. The molecular formula is C25H34N4O5. The molecule has 0 bridgehead atoms. The van der Waals surface area contributed by atoms with Crippen molar-refractivity contribution < 1.29 is 14.3 Å². The molecule has 0 atom stereocenters. The molecule has 0 aliphatic heterocycles. The molecule has 9 heteroatoms. The highest BCUT2D eigenvalue weighted by Gasteiger charge is 2.20. The number of hydrogen-bond donors (Lipinski definition) is 1. The van der Waals surface area contributed by atoms with Crippen molar-refractivity contribution in [2.45, 2.75) is 72.9 Å². The van der Waals surface area contributed by atoms with Crippen LogP contribution in [0.4, 0.5) is 0 Å². The topological polar surface area (TPSA) is 108 Å². The van der Waals surface area contributed by atoms with E-state index in [9.17, 15) is 14.4 Å². The molecule has 0 radical (unpaired) electrons. The number of unbranched alkanes of at least 4 members (excludes halogenated alkanes) is 1. The number of aromatic nitrogens is 4. The molecular weight excluding hydrogens is 436 g/mol. The summed E-state index contributed by atoms with van der Waals surface area (Å²) in [6, 6.07) is 7.07. The molecule has 9 nitrogen and oxygen atoms in total. The molecule has 2 aromatic heterocycles. The lowest BCUT2D eigenvalue weighted by atomic mass is 10.2. The number of ether oxygens (including phenoxy) is 2. The van der Waals surface area contributed by atoms with Gasteiger partial charge in [-0.05, 0) is 30.9 Å². The third-order valence-electron chi connectivity index (χ3n) is 5.33. The number of imidazole rings is 1. The molecule has 3 rings (SSSR count). The number of para-hydroxylation sites is 2. The minimum absolute atomic E-state index is 0.0701. The predicted molar refractivity (Wildman–Crippen MR) is 131 cm³/mol. The van der Waals surface area contributed by atoms with Crippen LogP contribution in [0.25, 0.3) is 11.2 Å². The molecule has 0 saturated heterocycles. The smallest absolute Gasteiger partial charge is 0.330 e. The summed E-state index contributed by atoms with van der Waals surface area (Å²) < 4.78 is 14.6. The van der Waals surface area contributed by atoms with Crippen LogP contribution in [0.3, 0.4) is 0 Å². The van der Waals surface area contributed by atoms with Crippen molar-refractivity contribution >= 4 is 17.1 Å². The van der Waals surface area contributed by atoms with E-state index in [0.717, 1.165) is 19.3 Å². The summed E-state index contributed by atoms with van der Waals surface area (Å²) in [7, 11) is 0. The van der Waals surface area contributed by atoms with Crippen LogP contribution >= 0.6 is 0 Å². The van der Waals surface area contributed by atoms with E-state index in [1.807, 2.05) is 38.3 Å². The molecule has 34 heavy (non-hydrogen) atoms. The van der Waals surface area contributed by atoms with Gasteiger partial charge in [0.05, 0.1) is 13.0 Å². The fourth-order valence-electron chi connectivity index (χ4n) is 3.75. The molecule has 0 fully saturated rings. The number of carbonyl (C=O) groups is 1. The standard InChI is InChI=1S/C25H34N4O5/c1-5-7-14-28-23-22(24(31)27-25(28)32)29(16-17(3)4)20(26-23)12-13-21(30)34-19-11-9-8-10-18(19)33-15-6-2/h8-11,17H,5-7,12-16H2,1-4H3,(H,27,31,32). The summed E-state index contributed by atoms with van der Waals surface area (Å²) in [6.45, 7) is 9.66. The molecule has 2 heterocycles. The Hall–Kier alpha value is -3.36. The summed E-state index contributed by atoms with van der Waals surface area (Å²) in [5.74, 6) is 1.30. The van der Waals surface area contributed by atoms with Crippen molar-refractivity contribution in [3.05, 3.63) is 50.9 Å². The van der Waals surface area contributed by atoms with E-state index in [1.165, 1.54) is 4.57 Å². The molecule has 0 saturated carbocycles. The molecule has 184 valence electrons. The predicted octanol–water partition coefficient (Wildman–Crippen LogP) is 3.67. The van der Waals surface area contributed by atoms with Crippen LogP contribution in [-0.2, 0) is 24.3 Å². The molecule has 1 N–H and O–H groups in total. The van der Waals surface area contributed by atoms with Gasteiger partial charge in [0.25, 0.3) is 5.56 Å². The first-order valence-electron chi connectivity index (χ1n) is 12.0. The Labute approximate surface area is 198 Å². The molecule has 0 amide bonds. The number of carbonyl (C=O) groups excluding carboxylic acids is 1. The second-order valence-corrected chi connectivity index (χ2v) is 8.74. The summed E-state index contributed by atoms with van der Waals surface area (Å²) in [6.07, 6.45) is 2.89. The molecule has 0 aliphatic rings. The lowest BCUT2D eigenvalue weighted by Gasteiger charge is -2.12. The monoisotopic (exact) mass is 470 g/mol. The maximum absolute atomic E-state index is 12.7. The quantitative estimate of drug-likeness (QED) is 0.320. The van der Waals surface area contributed by atoms with Crippen LogP contribution < -0.4 is 20.7 Å². The van der Waals surface area contributed by atoms with Crippen LogP contribution in [0.15, 0.2) is 33.9 Å². The maximum atomic E-state index is 12.7. The highest BCUT2D eigenvalue weighted by Crippen LogP contribution is 2.27. The molecule has 0 unspecified atom stereocenters. The van der Waals surface area contributed by atoms with Crippen LogP contribution in [0, 0.1) is 5.92 Å². The number of esters is 1. The number of nitrogens with zero attached hydrogens (tertiary/aromatic N) is 3. The zero-order valence-corrected chi connectivity index (χ0v) is 20.4. The Morgan fingerprint density at radius 1 is 1.09 bits per heavy atom. The first-order chi connectivity index (χ1) is 16.3. The van der Waals surface area contributed by atoms with E-state index < -0.39 is 17.2 Å². The Morgan fingerprint density at radius 2 is 1.82 bits per heavy atom. The van der Waals surface area contributed by atoms with Crippen molar-refractivity contribution in [2.24, 2.45) is 5.92 Å². The van der Waals surface area contributed by atoms with E-state index in [4.69, 9.17) is 9.47 Å². The number of rotatable bonds is 12.